The van der Waals surface area contributed by atoms with E-state index in [0.717, 1.165) is 31.1 Å². The molecule has 2 aliphatic rings. The summed E-state index contributed by atoms with van der Waals surface area (Å²) in [6, 6.07) is 0. The van der Waals surface area contributed by atoms with Crippen LogP contribution in [-0.2, 0) is 32.7 Å². The number of aliphatic hydroxyl groups is 1. The third-order valence-electron chi connectivity index (χ3n) is 11.3. The topological polar surface area (TPSA) is 101 Å². The van der Waals surface area contributed by atoms with Crippen LogP contribution in [0.15, 0.2) is 12.2 Å². The molecule has 46 heavy (non-hydrogen) atoms. The second-order valence-electron chi connectivity index (χ2n) is 17.0. The zero-order chi connectivity index (χ0) is 35.3. The maximum atomic E-state index is 12.3. The van der Waals surface area contributed by atoms with Gasteiger partial charge in [-0.2, -0.15) is 0 Å². The van der Waals surface area contributed by atoms with E-state index in [4.69, 9.17) is 23.1 Å². The number of hydrogen-bond acceptors (Lipinski definition) is 8. The normalized spacial score (nSPS) is 29.0. The predicted molar refractivity (Wildman–Crippen MR) is 190 cm³/mol. The number of fused-ring (bicyclic) bond motifs is 1. The minimum absolute atomic E-state index is 0.0319. The van der Waals surface area contributed by atoms with Gasteiger partial charge in [0.2, 0.25) is 0 Å². The molecule has 0 aromatic heterocycles. The summed E-state index contributed by atoms with van der Waals surface area (Å²) in [5.74, 6) is -0.432. The Kier molecular flexibility index (Phi) is 15.0. The fourth-order valence-corrected chi connectivity index (χ4v) is 8.44. The number of hydrogen-bond donors (Lipinski definition) is 1. The molecular formula is C36H68O8Si2. The zero-order valence-electron chi connectivity index (χ0n) is 31.4. The Labute approximate surface area is 283 Å². The molecule has 0 aromatic rings. The van der Waals surface area contributed by atoms with Gasteiger partial charge >= 0.3 is 5.97 Å². The van der Waals surface area contributed by atoms with Crippen LogP contribution < -0.4 is 0 Å². The highest BCUT2D eigenvalue weighted by Gasteiger charge is 2.53. The van der Waals surface area contributed by atoms with Gasteiger partial charge in [0.25, 0.3) is 0 Å². The van der Waals surface area contributed by atoms with Crippen LogP contribution in [0.4, 0.5) is 0 Å². The Morgan fingerprint density at radius 2 is 1.63 bits per heavy atom. The minimum atomic E-state index is -2.14. The van der Waals surface area contributed by atoms with Crippen molar-refractivity contribution in [1.82, 2.24) is 0 Å². The number of rotatable bonds is 16. The van der Waals surface area contributed by atoms with E-state index in [1.54, 1.807) is 0 Å². The van der Waals surface area contributed by atoms with E-state index in [1.807, 2.05) is 0 Å². The van der Waals surface area contributed by atoms with Crippen molar-refractivity contribution in [2.45, 2.75) is 186 Å². The monoisotopic (exact) mass is 684 g/mol. The maximum absolute atomic E-state index is 12.3. The molecule has 2 rings (SSSR count). The lowest BCUT2D eigenvalue weighted by Gasteiger charge is -2.52. The Hall–Kier alpha value is -0.886. The summed E-state index contributed by atoms with van der Waals surface area (Å²) in [5, 5.41) is 11.4. The molecule has 2 saturated heterocycles. The molecule has 0 bridgehead atoms. The molecule has 2 fully saturated rings. The first-order valence-electron chi connectivity index (χ1n) is 17.6. The van der Waals surface area contributed by atoms with Crippen LogP contribution in [0.1, 0.15) is 107 Å². The van der Waals surface area contributed by atoms with Crippen molar-refractivity contribution in [3.63, 3.8) is 0 Å². The second kappa shape index (κ2) is 16.7. The van der Waals surface area contributed by atoms with Gasteiger partial charge in [-0.15, -0.1) is 0 Å². The molecule has 9 atom stereocenters. The van der Waals surface area contributed by atoms with Gasteiger partial charge in [-0.25, -0.2) is 0 Å². The molecular weight excluding hydrogens is 617 g/mol. The number of ether oxygens (including phenoxy) is 3. The Morgan fingerprint density at radius 3 is 2.17 bits per heavy atom. The van der Waals surface area contributed by atoms with E-state index in [2.05, 4.69) is 88.2 Å². The van der Waals surface area contributed by atoms with Crippen LogP contribution in [0.5, 0.6) is 0 Å². The zero-order valence-corrected chi connectivity index (χ0v) is 33.4. The number of unbranched alkanes of at least 4 members (excludes halogenated alkanes) is 2. The maximum Gasteiger partial charge on any atom is 0.303 e. The SMILES string of the molecule is C=C(C(O)C[C@@H]1O[C@H]2CC(O[Si](C)(C)C(C)(C)C)C(CCO[Si](C)(C)C(C)(C)C)O[C@H]2[C@H](C)[C@H]1OC(C)=O)[C@H](C)CCCCC=O. The van der Waals surface area contributed by atoms with Crippen molar-refractivity contribution in [2.75, 3.05) is 6.61 Å². The molecule has 268 valence electrons. The van der Waals surface area contributed by atoms with Gasteiger partial charge in [0, 0.05) is 38.7 Å². The lowest BCUT2D eigenvalue weighted by molar-refractivity contribution is -0.269. The summed E-state index contributed by atoms with van der Waals surface area (Å²) >= 11 is 0. The van der Waals surface area contributed by atoms with Gasteiger partial charge in [-0.1, -0.05) is 68.4 Å². The van der Waals surface area contributed by atoms with E-state index in [1.165, 1.54) is 6.92 Å². The summed E-state index contributed by atoms with van der Waals surface area (Å²) < 4.78 is 33.1. The molecule has 0 aromatic carbocycles. The molecule has 10 heteroatoms. The molecule has 0 radical (unpaired) electrons. The molecule has 8 nitrogen and oxygen atoms in total. The van der Waals surface area contributed by atoms with Crippen LogP contribution in [-0.4, -0.2) is 83.3 Å². The predicted octanol–water partition coefficient (Wildman–Crippen LogP) is 7.98. The summed E-state index contributed by atoms with van der Waals surface area (Å²) in [6.45, 7) is 32.9. The molecule has 3 unspecified atom stereocenters. The highest BCUT2D eigenvalue weighted by Crippen LogP contribution is 2.44. The van der Waals surface area contributed by atoms with Crippen molar-refractivity contribution in [3.8, 4) is 0 Å². The first kappa shape index (κ1) is 41.3. The van der Waals surface area contributed by atoms with Gasteiger partial charge in [0.1, 0.15) is 12.4 Å². The Bertz CT molecular complexity index is 1000. The summed E-state index contributed by atoms with van der Waals surface area (Å²) in [6.07, 6.45) is 2.98. The number of esters is 1. The smallest absolute Gasteiger partial charge is 0.303 e. The van der Waals surface area contributed by atoms with Crippen molar-refractivity contribution in [3.05, 3.63) is 12.2 Å². The van der Waals surface area contributed by atoms with Crippen molar-refractivity contribution in [1.29, 1.82) is 0 Å². The lowest BCUT2D eigenvalue weighted by Crippen LogP contribution is -2.62. The molecule has 1 N–H and O–H groups in total. The fourth-order valence-electron chi connectivity index (χ4n) is 6.02. The largest absolute Gasteiger partial charge is 0.459 e. The second-order valence-corrected chi connectivity index (χ2v) is 26.6. The quantitative estimate of drug-likeness (QED) is 0.0574. The van der Waals surface area contributed by atoms with Gasteiger partial charge in [-0.3, -0.25) is 4.79 Å². The number of aliphatic hydroxyl groups excluding tert-OH is 1. The van der Waals surface area contributed by atoms with Gasteiger partial charge in [0.05, 0.1) is 36.6 Å². The minimum Gasteiger partial charge on any atom is -0.459 e. The van der Waals surface area contributed by atoms with Crippen molar-refractivity contribution >= 4 is 28.9 Å². The van der Waals surface area contributed by atoms with E-state index >= 15 is 0 Å². The number of carbonyl (C=O) groups excluding carboxylic acids is 2. The van der Waals surface area contributed by atoms with Crippen LogP contribution in [0.2, 0.25) is 36.3 Å². The molecule has 0 saturated carbocycles. The third-order valence-corrected chi connectivity index (χ3v) is 20.3. The number of aldehydes is 1. The molecule has 0 spiro atoms. The van der Waals surface area contributed by atoms with Crippen LogP contribution >= 0.6 is 0 Å². The molecule has 2 aliphatic heterocycles. The lowest BCUT2D eigenvalue weighted by atomic mass is 9.80. The average Bonchev–Trinajstić information content (AvgIpc) is 2.91. The van der Waals surface area contributed by atoms with Crippen molar-refractivity contribution < 1.29 is 37.8 Å². The van der Waals surface area contributed by atoms with E-state index < -0.39 is 34.9 Å². The van der Waals surface area contributed by atoms with Gasteiger partial charge in [0.15, 0.2) is 16.6 Å². The molecule has 0 aliphatic carbocycles. The third kappa shape index (κ3) is 11.1. The van der Waals surface area contributed by atoms with E-state index in [0.29, 0.717) is 25.9 Å². The van der Waals surface area contributed by atoms with Crippen LogP contribution in [0.25, 0.3) is 0 Å². The van der Waals surface area contributed by atoms with E-state index in [9.17, 15) is 14.7 Å². The highest BCUT2D eigenvalue weighted by atomic mass is 28.4. The summed E-state index contributed by atoms with van der Waals surface area (Å²) in [5.41, 5.74) is 0.742. The first-order chi connectivity index (χ1) is 21.0. The summed E-state index contributed by atoms with van der Waals surface area (Å²) in [7, 11) is -4.08. The first-order valence-corrected chi connectivity index (χ1v) is 23.4. The van der Waals surface area contributed by atoms with Crippen molar-refractivity contribution in [2.24, 2.45) is 11.8 Å². The molecule has 2 heterocycles. The summed E-state index contributed by atoms with van der Waals surface area (Å²) in [4.78, 5) is 23.0. The van der Waals surface area contributed by atoms with Gasteiger partial charge in [-0.05, 0) is 67.0 Å². The standard InChI is InChI=1S/C36H68O8Si2/c1-24(18-16-15-17-20-37)25(2)28(39)22-31-33(41-27(4)38)26(3)34-32(42-31)23-30(44-46(13,14)36(8,9)10)29(43-34)19-21-40-45(11,12)35(5,6)7/h20,24,26,28-34,39H,2,15-19,21-23H2,1,3-14H3/t24-,26-,28?,29?,30?,31+,32+,33-,34+/m1/s1. The van der Waals surface area contributed by atoms with Crippen LogP contribution in [0, 0.1) is 11.8 Å². The highest BCUT2D eigenvalue weighted by molar-refractivity contribution is 6.74. The fraction of sp³-hybridized carbons (Fsp3) is 0.889. The van der Waals surface area contributed by atoms with Gasteiger partial charge < -0.3 is 33.0 Å². The Morgan fingerprint density at radius 1 is 1.02 bits per heavy atom. The molecule has 0 amide bonds. The Balaban J connectivity index is 2.29. The number of carbonyl (C=O) groups is 2. The van der Waals surface area contributed by atoms with Crippen LogP contribution in [0.3, 0.4) is 0 Å². The average molecular weight is 685 g/mol. The van der Waals surface area contributed by atoms with E-state index in [-0.39, 0.29) is 58.7 Å².